The van der Waals surface area contributed by atoms with E-state index in [1.165, 1.54) is 77.0 Å². The van der Waals surface area contributed by atoms with Crippen molar-refractivity contribution in [2.75, 3.05) is 0 Å². The van der Waals surface area contributed by atoms with Gasteiger partial charge in [0.15, 0.2) is 0 Å². The average molecular weight is 395 g/mol. The highest BCUT2D eigenvalue weighted by Crippen LogP contribution is 2.66. The molecule has 0 aromatic carbocycles. The van der Waals surface area contributed by atoms with Crippen molar-refractivity contribution in [1.82, 2.24) is 0 Å². The van der Waals surface area contributed by atoms with Crippen LogP contribution in [0.5, 0.6) is 0 Å². The Hall–Kier alpha value is 0.210. The van der Waals surface area contributed by atoms with E-state index in [0.29, 0.717) is 21.7 Å². The van der Waals surface area contributed by atoms with Crippen molar-refractivity contribution in [1.29, 1.82) is 0 Å². The Morgan fingerprint density at radius 2 is 0.741 bits per heavy atom. The lowest BCUT2D eigenvalue weighted by molar-refractivity contribution is -0.105. The van der Waals surface area contributed by atoms with Gasteiger partial charge in [0.05, 0.1) is 0 Å². The summed E-state index contributed by atoms with van der Waals surface area (Å²) in [5, 5.41) is 0. The van der Waals surface area contributed by atoms with E-state index in [2.05, 4.69) is 27.7 Å². The molecule has 4 atom stereocenters. The molecule has 8 bridgehead atoms. The van der Waals surface area contributed by atoms with Gasteiger partial charge in [-0.15, -0.1) is 12.4 Å². The molecular formula is C24H43ClN2. The largest absolute Gasteiger partial charge is 0.325 e. The standard InChI is InChI=1S/2C12H21N.ClH/c2*1-10-3-9-4-11(2,6-10)8-12(13,5-9)7-10;/h2*9H,3-8,13H2,1-2H3;1H. The molecule has 0 saturated heterocycles. The highest BCUT2D eigenvalue weighted by molar-refractivity contribution is 5.85. The predicted molar refractivity (Wildman–Crippen MR) is 116 cm³/mol. The first-order valence-corrected chi connectivity index (χ1v) is 11.4. The quantitative estimate of drug-likeness (QED) is 0.544. The first kappa shape index (κ1) is 20.5. The summed E-state index contributed by atoms with van der Waals surface area (Å²) in [5.74, 6) is 1.91. The zero-order valence-corrected chi connectivity index (χ0v) is 19.0. The number of hydrogen-bond acceptors (Lipinski definition) is 2. The van der Waals surface area contributed by atoms with Crippen LogP contribution in [0.4, 0.5) is 0 Å². The molecule has 4 N–H and O–H groups in total. The van der Waals surface area contributed by atoms with E-state index in [0.717, 1.165) is 11.8 Å². The predicted octanol–water partition coefficient (Wildman–Crippen LogP) is 5.81. The third-order valence-corrected chi connectivity index (χ3v) is 9.34. The van der Waals surface area contributed by atoms with E-state index in [1.54, 1.807) is 0 Å². The maximum Gasteiger partial charge on any atom is 0.0167 e. The van der Waals surface area contributed by atoms with Crippen molar-refractivity contribution in [3.05, 3.63) is 0 Å². The summed E-state index contributed by atoms with van der Waals surface area (Å²) in [4.78, 5) is 0. The first-order valence-electron chi connectivity index (χ1n) is 11.4. The minimum atomic E-state index is 0. The average Bonchev–Trinajstić information content (AvgIpc) is 2.25. The van der Waals surface area contributed by atoms with Crippen LogP contribution in [0.2, 0.25) is 0 Å². The van der Waals surface area contributed by atoms with E-state index in [9.17, 15) is 0 Å². The molecule has 0 spiro atoms. The lowest BCUT2D eigenvalue weighted by Crippen LogP contribution is -2.62. The molecule has 0 amide bonds. The van der Waals surface area contributed by atoms with E-state index >= 15 is 0 Å². The molecule has 4 unspecified atom stereocenters. The summed E-state index contributed by atoms with van der Waals surface area (Å²) in [5.41, 5.74) is 15.8. The summed E-state index contributed by atoms with van der Waals surface area (Å²) in [6, 6.07) is 0. The molecule has 8 rings (SSSR count). The van der Waals surface area contributed by atoms with Crippen molar-refractivity contribution < 1.29 is 0 Å². The lowest BCUT2D eigenvalue weighted by atomic mass is 9.43. The summed E-state index contributed by atoms with van der Waals surface area (Å²) >= 11 is 0. The molecule has 8 aliphatic carbocycles. The molecule has 0 aromatic rings. The molecule has 27 heavy (non-hydrogen) atoms. The SMILES string of the molecule is CC12CC3CC(C)(C1)CC(N)(C3)C2.CC12CC3CC(C)(C1)CC(N)(C3)C2.Cl. The molecule has 156 valence electrons. The van der Waals surface area contributed by atoms with Gasteiger partial charge in [-0.25, -0.2) is 0 Å². The van der Waals surface area contributed by atoms with E-state index in [4.69, 9.17) is 11.5 Å². The third-order valence-electron chi connectivity index (χ3n) is 9.34. The van der Waals surface area contributed by atoms with Crippen molar-refractivity contribution in [2.45, 2.75) is 116 Å². The zero-order chi connectivity index (χ0) is 18.6. The summed E-state index contributed by atoms with van der Waals surface area (Å²) in [6.45, 7) is 9.88. The molecule has 8 aliphatic rings. The Morgan fingerprint density at radius 3 is 0.926 bits per heavy atom. The molecule has 0 aromatic heterocycles. The van der Waals surface area contributed by atoms with Crippen LogP contribution in [0, 0.1) is 33.5 Å². The monoisotopic (exact) mass is 394 g/mol. The molecule has 8 saturated carbocycles. The fourth-order valence-corrected chi connectivity index (χ4v) is 11.1. The lowest BCUT2D eigenvalue weighted by Gasteiger charge is -2.64. The summed E-state index contributed by atoms with van der Waals surface area (Å²) in [7, 11) is 0. The Kier molecular flexibility index (Phi) is 4.30. The highest BCUT2D eigenvalue weighted by Gasteiger charge is 2.59. The van der Waals surface area contributed by atoms with Crippen LogP contribution in [0.15, 0.2) is 0 Å². The molecule has 0 aliphatic heterocycles. The van der Waals surface area contributed by atoms with Crippen LogP contribution < -0.4 is 11.5 Å². The summed E-state index contributed by atoms with van der Waals surface area (Å²) in [6.07, 6.45) is 16.5. The second-order valence-corrected chi connectivity index (χ2v) is 14.0. The molecule has 2 nitrogen and oxygen atoms in total. The van der Waals surface area contributed by atoms with Gasteiger partial charge in [0.1, 0.15) is 0 Å². The Bertz CT molecular complexity index is 474. The van der Waals surface area contributed by atoms with Gasteiger partial charge in [-0.2, -0.15) is 0 Å². The van der Waals surface area contributed by atoms with Gasteiger partial charge in [-0.3, -0.25) is 0 Å². The van der Waals surface area contributed by atoms with Crippen molar-refractivity contribution in [3.8, 4) is 0 Å². The number of rotatable bonds is 0. The van der Waals surface area contributed by atoms with Crippen LogP contribution >= 0.6 is 12.4 Å². The Balaban J connectivity index is 0.000000129. The minimum absolute atomic E-state index is 0. The van der Waals surface area contributed by atoms with Gasteiger partial charge in [0.25, 0.3) is 0 Å². The first-order chi connectivity index (χ1) is 11.8. The van der Waals surface area contributed by atoms with Gasteiger partial charge in [-0.1, -0.05) is 27.7 Å². The third kappa shape index (κ3) is 3.50. The zero-order valence-electron chi connectivity index (χ0n) is 18.2. The highest BCUT2D eigenvalue weighted by atomic mass is 35.5. The molecule has 3 heteroatoms. The van der Waals surface area contributed by atoms with Crippen LogP contribution in [-0.2, 0) is 0 Å². The van der Waals surface area contributed by atoms with Gasteiger partial charge in [0.2, 0.25) is 0 Å². The fraction of sp³-hybridized carbons (Fsp3) is 1.00. The van der Waals surface area contributed by atoms with Gasteiger partial charge in [0, 0.05) is 11.1 Å². The van der Waals surface area contributed by atoms with Crippen molar-refractivity contribution in [2.24, 2.45) is 45.0 Å². The van der Waals surface area contributed by atoms with E-state index in [1.807, 2.05) is 0 Å². The normalized spacial score (nSPS) is 62.0. The maximum absolute atomic E-state index is 6.49. The summed E-state index contributed by atoms with van der Waals surface area (Å²) < 4.78 is 0. The van der Waals surface area contributed by atoms with Crippen LogP contribution in [0.3, 0.4) is 0 Å². The van der Waals surface area contributed by atoms with Gasteiger partial charge in [-0.05, 0) is 111 Å². The van der Waals surface area contributed by atoms with E-state index in [-0.39, 0.29) is 23.5 Å². The van der Waals surface area contributed by atoms with Gasteiger partial charge >= 0.3 is 0 Å². The van der Waals surface area contributed by atoms with Crippen LogP contribution in [0.25, 0.3) is 0 Å². The fourth-order valence-electron chi connectivity index (χ4n) is 11.1. The number of nitrogens with two attached hydrogens (primary N) is 2. The number of halogens is 1. The molecule has 8 fully saturated rings. The second kappa shape index (κ2) is 5.67. The second-order valence-electron chi connectivity index (χ2n) is 14.0. The molecular weight excluding hydrogens is 352 g/mol. The van der Waals surface area contributed by atoms with Crippen LogP contribution in [-0.4, -0.2) is 11.1 Å². The van der Waals surface area contributed by atoms with Crippen LogP contribution in [0.1, 0.15) is 105 Å². The van der Waals surface area contributed by atoms with Crippen molar-refractivity contribution >= 4 is 12.4 Å². The molecule has 0 heterocycles. The minimum Gasteiger partial charge on any atom is -0.325 e. The Labute approximate surface area is 173 Å². The van der Waals surface area contributed by atoms with E-state index < -0.39 is 0 Å². The smallest absolute Gasteiger partial charge is 0.0167 e. The van der Waals surface area contributed by atoms with Crippen molar-refractivity contribution in [3.63, 3.8) is 0 Å². The Morgan fingerprint density at radius 1 is 0.481 bits per heavy atom. The molecule has 0 radical (unpaired) electrons. The number of hydrogen-bond donors (Lipinski definition) is 2. The van der Waals surface area contributed by atoms with Gasteiger partial charge < -0.3 is 11.5 Å². The topological polar surface area (TPSA) is 52.0 Å². The maximum atomic E-state index is 6.49.